The van der Waals surface area contributed by atoms with Gasteiger partial charge >= 0.3 is 0 Å². The predicted molar refractivity (Wildman–Crippen MR) is 96.2 cm³/mol. The highest BCUT2D eigenvalue weighted by molar-refractivity contribution is 5.76. The first-order chi connectivity index (χ1) is 10.9. The number of anilines is 1. The second-order valence-corrected chi connectivity index (χ2v) is 7.30. The molecule has 1 saturated carbocycles. The number of amides is 1. The molecule has 1 aliphatic carbocycles. The lowest BCUT2D eigenvalue weighted by Gasteiger charge is -2.45. The summed E-state index contributed by atoms with van der Waals surface area (Å²) in [7, 11) is 4.27. The third-order valence-electron chi connectivity index (χ3n) is 5.31. The Kier molecular flexibility index (Phi) is 6.05. The first-order valence-electron chi connectivity index (χ1n) is 8.70. The van der Waals surface area contributed by atoms with E-state index in [2.05, 4.69) is 31.2 Å². The summed E-state index contributed by atoms with van der Waals surface area (Å²) in [6.45, 7) is 3.06. The van der Waals surface area contributed by atoms with Crippen LogP contribution in [0.3, 0.4) is 0 Å². The molecule has 1 aromatic rings. The van der Waals surface area contributed by atoms with Gasteiger partial charge < -0.3 is 16.0 Å². The lowest BCUT2D eigenvalue weighted by molar-refractivity contribution is -0.121. The van der Waals surface area contributed by atoms with Crippen molar-refractivity contribution in [2.75, 3.05) is 26.4 Å². The monoisotopic (exact) mass is 317 g/mol. The summed E-state index contributed by atoms with van der Waals surface area (Å²) in [5.74, 6) is 0.847. The van der Waals surface area contributed by atoms with Gasteiger partial charge in [-0.1, -0.05) is 38.0 Å². The van der Waals surface area contributed by atoms with Crippen molar-refractivity contribution in [3.8, 4) is 0 Å². The van der Waals surface area contributed by atoms with Crippen molar-refractivity contribution in [3.05, 3.63) is 29.8 Å². The van der Waals surface area contributed by atoms with Gasteiger partial charge in [-0.25, -0.2) is 0 Å². The molecule has 1 aliphatic rings. The Bertz CT molecular complexity index is 529. The second-order valence-electron chi connectivity index (χ2n) is 7.30. The standard InChI is InChI=1S/C19H31N3O/c1-15-7-6-12-19(13-15,22(2)3)14-21-18(23)11-10-16-8-4-5-9-17(16)20/h4-5,8-9,15H,6-7,10-14,20H2,1-3H3,(H,21,23). The molecule has 0 spiro atoms. The van der Waals surface area contributed by atoms with E-state index in [9.17, 15) is 4.79 Å². The highest BCUT2D eigenvalue weighted by Gasteiger charge is 2.37. The molecular weight excluding hydrogens is 286 g/mol. The number of likely N-dealkylation sites (N-methyl/N-ethyl adjacent to an activating group) is 1. The Morgan fingerprint density at radius 2 is 2.13 bits per heavy atom. The molecule has 0 bridgehead atoms. The van der Waals surface area contributed by atoms with Crippen LogP contribution in [0.4, 0.5) is 5.69 Å². The van der Waals surface area contributed by atoms with Gasteiger partial charge in [0.1, 0.15) is 0 Å². The molecule has 2 rings (SSSR count). The number of hydrogen-bond donors (Lipinski definition) is 2. The van der Waals surface area contributed by atoms with E-state index in [4.69, 9.17) is 5.73 Å². The molecule has 0 saturated heterocycles. The van der Waals surface area contributed by atoms with Crippen LogP contribution < -0.4 is 11.1 Å². The number of carbonyl (C=O) groups excluding carboxylic acids is 1. The van der Waals surface area contributed by atoms with Crippen LogP contribution >= 0.6 is 0 Å². The Morgan fingerprint density at radius 1 is 1.39 bits per heavy atom. The van der Waals surface area contributed by atoms with E-state index in [-0.39, 0.29) is 11.4 Å². The van der Waals surface area contributed by atoms with E-state index in [0.717, 1.165) is 36.6 Å². The molecule has 1 fully saturated rings. The van der Waals surface area contributed by atoms with Gasteiger partial charge in [0.05, 0.1) is 0 Å². The van der Waals surface area contributed by atoms with Crippen molar-refractivity contribution in [2.45, 2.75) is 51.0 Å². The van der Waals surface area contributed by atoms with Gasteiger partial charge in [-0.3, -0.25) is 4.79 Å². The van der Waals surface area contributed by atoms with Crippen LogP contribution in [0.1, 0.15) is 44.6 Å². The zero-order chi connectivity index (χ0) is 16.9. The maximum atomic E-state index is 12.2. The minimum absolute atomic E-state index is 0.110. The highest BCUT2D eigenvalue weighted by Crippen LogP contribution is 2.35. The lowest BCUT2D eigenvalue weighted by atomic mass is 9.75. The first kappa shape index (κ1) is 17.8. The largest absolute Gasteiger partial charge is 0.399 e. The highest BCUT2D eigenvalue weighted by atomic mass is 16.1. The summed E-state index contributed by atoms with van der Waals surface area (Å²) in [6, 6.07) is 7.77. The molecule has 1 amide bonds. The summed E-state index contributed by atoms with van der Waals surface area (Å²) in [4.78, 5) is 14.5. The quantitative estimate of drug-likeness (QED) is 0.793. The first-order valence-corrected chi connectivity index (χ1v) is 8.70. The van der Waals surface area contributed by atoms with E-state index in [1.54, 1.807) is 0 Å². The molecule has 2 atom stereocenters. The smallest absolute Gasteiger partial charge is 0.220 e. The number of carbonyl (C=O) groups is 1. The maximum absolute atomic E-state index is 12.2. The molecular formula is C19H31N3O. The number of aryl methyl sites for hydroxylation is 1. The van der Waals surface area contributed by atoms with Crippen molar-refractivity contribution in [3.63, 3.8) is 0 Å². The van der Waals surface area contributed by atoms with Crippen molar-refractivity contribution in [1.29, 1.82) is 0 Å². The topological polar surface area (TPSA) is 58.4 Å². The molecule has 0 radical (unpaired) electrons. The van der Waals surface area contributed by atoms with Gasteiger partial charge in [-0.05, 0) is 50.9 Å². The Balaban J connectivity index is 1.86. The van der Waals surface area contributed by atoms with Gasteiger partial charge in [0, 0.05) is 24.2 Å². The third-order valence-corrected chi connectivity index (χ3v) is 5.31. The van der Waals surface area contributed by atoms with Crippen LogP contribution in [0.15, 0.2) is 24.3 Å². The Morgan fingerprint density at radius 3 is 2.78 bits per heavy atom. The Hall–Kier alpha value is -1.55. The van der Waals surface area contributed by atoms with E-state index >= 15 is 0 Å². The third kappa shape index (κ3) is 4.71. The van der Waals surface area contributed by atoms with Gasteiger partial charge in [-0.15, -0.1) is 0 Å². The summed E-state index contributed by atoms with van der Waals surface area (Å²) in [5, 5.41) is 3.16. The molecule has 1 aromatic carbocycles. The molecule has 0 heterocycles. The number of benzene rings is 1. The van der Waals surface area contributed by atoms with Crippen LogP contribution in [0, 0.1) is 5.92 Å². The SMILES string of the molecule is CC1CCCC(CNC(=O)CCc2ccccc2N)(N(C)C)C1. The van der Waals surface area contributed by atoms with Gasteiger partial charge in [-0.2, -0.15) is 0 Å². The normalized spacial score (nSPS) is 24.6. The number of nitrogens with one attached hydrogen (secondary N) is 1. The molecule has 128 valence electrons. The fourth-order valence-corrected chi connectivity index (χ4v) is 3.72. The zero-order valence-electron chi connectivity index (χ0n) is 14.8. The number of hydrogen-bond acceptors (Lipinski definition) is 3. The van der Waals surface area contributed by atoms with Crippen LogP contribution in [0.2, 0.25) is 0 Å². The molecule has 4 nitrogen and oxygen atoms in total. The number of nitrogens with zero attached hydrogens (tertiary/aromatic N) is 1. The summed E-state index contributed by atoms with van der Waals surface area (Å²) in [6.07, 6.45) is 6.06. The van der Waals surface area contributed by atoms with Gasteiger partial charge in [0.2, 0.25) is 5.91 Å². The molecule has 2 unspecified atom stereocenters. The van der Waals surface area contributed by atoms with Gasteiger partial charge in [0.25, 0.3) is 0 Å². The predicted octanol–water partition coefficient (Wildman–Crippen LogP) is 2.83. The van der Waals surface area contributed by atoms with Crippen molar-refractivity contribution in [1.82, 2.24) is 10.2 Å². The maximum Gasteiger partial charge on any atom is 0.220 e. The average molecular weight is 317 g/mol. The molecule has 23 heavy (non-hydrogen) atoms. The summed E-state index contributed by atoms with van der Waals surface area (Å²) in [5.41, 5.74) is 7.87. The van der Waals surface area contributed by atoms with Crippen LogP contribution in [-0.2, 0) is 11.2 Å². The van der Waals surface area contributed by atoms with Crippen LogP contribution in [-0.4, -0.2) is 37.0 Å². The van der Waals surface area contributed by atoms with Crippen LogP contribution in [0.5, 0.6) is 0 Å². The molecule has 0 aliphatic heterocycles. The number of nitrogen functional groups attached to an aromatic ring is 1. The second kappa shape index (κ2) is 7.82. The van der Waals surface area contributed by atoms with E-state index < -0.39 is 0 Å². The van der Waals surface area contributed by atoms with Crippen molar-refractivity contribution < 1.29 is 4.79 Å². The summed E-state index contributed by atoms with van der Waals surface area (Å²) < 4.78 is 0. The molecule has 4 heteroatoms. The Labute approximate surface area is 140 Å². The minimum Gasteiger partial charge on any atom is -0.399 e. The zero-order valence-corrected chi connectivity index (χ0v) is 14.8. The minimum atomic E-state index is 0.110. The van der Waals surface area contributed by atoms with Crippen molar-refractivity contribution >= 4 is 11.6 Å². The van der Waals surface area contributed by atoms with E-state index in [0.29, 0.717) is 12.8 Å². The van der Waals surface area contributed by atoms with E-state index in [1.807, 2.05) is 24.3 Å². The lowest BCUT2D eigenvalue weighted by Crippen LogP contribution is -2.55. The summed E-state index contributed by atoms with van der Waals surface area (Å²) >= 11 is 0. The molecule has 0 aromatic heterocycles. The molecule has 3 N–H and O–H groups in total. The van der Waals surface area contributed by atoms with E-state index in [1.165, 1.54) is 12.8 Å². The average Bonchev–Trinajstić information content (AvgIpc) is 2.52. The number of rotatable bonds is 6. The fraction of sp³-hybridized carbons (Fsp3) is 0.632. The van der Waals surface area contributed by atoms with Gasteiger partial charge in [0.15, 0.2) is 0 Å². The number of nitrogens with two attached hydrogens (primary N) is 1. The van der Waals surface area contributed by atoms with Crippen LogP contribution in [0.25, 0.3) is 0 Å². The number of para-hydroxylation sites is 1. The van der Waals surface area contributed by atoms with Crippen molar-refractivity contribution in [2.24, 2.45) is 5.92 Å². The fourth-order valence-electron chi connectivity index (χ4n) is 3.72.